The monoisotopic (exact) mass is 1050 g/mol. The van der Waals surface area contributed by atoms with Gasteiger partial charge >= 0.3 is 0 Å². The van der Waals surface area contributed by atoms with Crippen molar-refractivity contribution in [2.24, 2.45) is 0 Å². The topological polar surface area (TPSA) is 13.0 Å². The molecule has 0 saturated carbocycles. The maximum Gasteiger partial charge on any atom is 0.0463 e. The number of rotatable bonds is 16. The Bertz CT molecular complexity index is 3670. The summed E-state index contributed by atoms with van der Waals surface area (Å²) in [6.07, 6.45) is 0. The Hall–Kier alpha value is -10.9. The lowest BCUT2D eigenvalue weighted by molar-refractivity contribution is 1.24. The van der Waals surface area contributed by atoms with Crippen molar-refractivity contribution < 1.29 is 0 Å². The van der Waals surface area contributed by atoms with E-state index in [1.807, 2.05) is 0 Å². The molecule has 0 heterocycles. The molecule has 0 atom stereocenters. The second-order valence-electron chi connectivity index (χ2n) is 20.2. The van der Waals surface area contributed by atoms with Gasteiger partial charge in [0.1, 0.15) is 0 Å². The molecule has 390 valence electrons. The van der Waals surface area contributed by atoms with E-state index in [-0.39, 0.29) is 0 Å². The van der Waals surface area contributed by atoms with Crippen LogP contribution in [0.2, 0.25) is 0 Å². The van der Waals surface area contributed by atoms with Gasteiger partial charge in [-0.3, -0.25) is 0 Å². The first-order valence-corrected chi connectivity index (χ1v) is 27.9. The normalized spacial score (nSPS) is 10.9. The van der Waals surface area contributed by atoms with Crippen LogP contribution >= 0.6 is 0 Å². The van der Waals surface area contributed by atoms with Crippen LogP contribution < -0.4 is 19.6 Å². The predicted octanol–water partition coefficient (Wildman–Crippen LogP) is 22.2. The molecule has 0 fully saturated rings. The molecule has 0 aliphatic rings. The molecular formula is C78H58N4. The van der Waals surface area contributed by atoms with Crippen LogP contribution in [0.15, 0.2) is 352 Å². The molecular weight excluding hydrogens is 993 g/mol. The standard InChI is InChI=1S/C78H58N4/c1-7-19-59(20-8-1)63-31-39-69(40-32-63)81(70-41-33-64(34-42-70)60-21-9-2-10-22-60)77-55-51-75(52-56-77)79(67-27-15-5-16-28-67)73-47-49-74(50-48-73)80(68-29-17-6-18-30-68)76-53-57-78(58-54-76)82(71-43-35-65(36-44-71)61-23-11-3-12-24-61)72-45-37-66(38-46-72)62-25-13-4-14-26-62/h1-58H. The molecule has 0 unspecified atom stereocenters. The van der Waals surface area contributed by atoms with Gasteiger partial charge in [-0.05, 0) is 190 Å². The fraction of sp³-hybridized carbons (Fsp3) is 0. The van der Waals surface area contributed by atoms with Crippen molar-refractivity contribution in [3.05, 3.63) is 352 Å². The van der Waals surface area contributed by atoms with Crippen LogP contribution in [0.25, 0.3) is 44.5 Å². The third-order valence-corrected chi connectivity index (χ3v) is 15.1. The number of hydrogen-bond donors (Lipinski definition) is 0. The molecule has 13 aromatic carbocycles. The van der Waals surface area contributed by atoms with Crippen molar-refractivity contribution in [2.45, 2.75) is 0 Å². The zero-order chi connectivity index (χ0) is 54.9. The van der Waals surface area contributed by atoms with E-state index in [4.69, 9.17) is 0 Å². The van der Waals surface area contributed by atoms with Crippen molar-refractivity contribution in [1.82, 2.24) is 0 Å². The largest absolute Gasteiger partial charge is 0.311 e. The molecule has 13 aromatic rings. The number of para-hydroxylation sites is 2. The summed E-state index contributed by atoms with van der Waals surface area (Å²) in [5.74, 6) is 0. The Balaban J connectivity index is 0.825. The lowest BCUT2D eigenvalue weighted by atomic mass is 10.0. The molecule has 0 N–H and O–H groups in total. The van der Waals surface area contributed by atoms with E-state index in [0.717, 1.165) is 68.2 Å². The van der Waals surface area contributed by atoms with E-state index in [1.165, 1.54) is 44.5 Å². The summed E-state index contributed by atoms with van der Waals surface area (Å²) in [5, 5.41) is 0. The van der Waals surface area contributed by atoms with Gasteiger partial charge in [0.2, 0.25) is 0 Å². The minimum atomic E-state index is 1.04. The number of hydrogen-bond acceptors (Lipinski definition) is 4. The molecule has 0 bridgehead atoms. The van der Waals surface area contributed by atoms with Crippen LogP contribution in [-0.2, 0) is 0 Å². The molecule has 0 saturated heterocycles. The summed E-state index contributed by atoms with van der Waals surface area (Å²) in [6.45, 7) is 0. The average molecular weight is 1050 g/mol. The van der Waals surface area contributed by atoms with Gasteiger partial charge in [-0.1, -0.05) is 206 Å². The highest BCUT2D eigenvalue weighted by Gasteiger charge is 2.20. The molecule has 0 aliphatic carbocycles. The second-order valence-corrected chi connectivity index (χ2v) is 20.2. The first-order chi connectivity index (χ1) is 40.7. The van der Waals surface area contributed by atoms with Crippen molar-refractivity contribution in [3.8, 4) is 44.5 Å². The molecule has 4 heteroatoms. The summed E-state index contributed by atoms with van der Waals surface area (Å²) >= 11 is 0. The highest BCUT2D eigenvalue weighted by atomic mass is 15.2. The Kier molecular flexibility index (Phi) is 14.5. The van der Waals surface area contributed by atoms with Crippen molar-refractivity contribution in [1.29, 1.82) is 0 Å². The molecule has 82 heavy (non-hydrogen) atoms. The zero-order valence-electron chi connectivity index (χ0n) is 45.3. The summed E-state index contributed by atoms with van der Waals surface area (Å²) in [5.41, 5.74) is 22.2. The molecule has 0 aromatic heterocycles. The van der Waals surface area contributed by atoms with E-state index < -0.39 is 0 Å². The van der Waals surface area contributed by atoms with Gasteiger partial charge in [-0.2, -0.15) is 0 Å². The molecule has 0 amide bonds. The first-order valence-electron chi connectivity index (χ1n) is 27.9. The Morgan fingerprint density at radius 1 is 0.0976 bits per heavy atom. The van der Waals surface area contributed by atoms with Crippen molar-refractivity contribution >= 4 is 68.2 Å². The van der Waals surface area contributed by atoms with E-state index in [0.29, 0.717) is 0 Å². The van der Waals surface area contributed by atoms with Gasteiger partial charge in [0.05, 0.1) is 0 Å². The van der Waals surface area contributed by atoms with Gasteiger partial charge in [-0.25, -0.2) is 0 Å². The van der Waals surface area contributed by atoms with Gasteiger partial charge in [0.25, 0.3) is 0 Å². The van der Waals surface area contributed by atoms with Crippen LogP contribution in [0.4, 0.5) is 68.2 Å². The lowest BCUT2D eigenvalue weighted by Gasteiger charge is -2.30. The number of benzene rings is 13. The van der Waals surface area contributed by atoms with E-state index in [2.05, 4.69) is 371 Å². The summed E-state index contributed by atoms with van der Waals surface area (Å²) in [7, 11) is 0. The minimum Gasteiger partial charge on any atom is -0.311 e. The van der Waals surface area contributed by atoms with E-state index in [1.54, 1.807) is 0 Å². The van der Waals surface area contributed by atoms with Crippen LogP contribution in [0.3, 0.4) is 0 Å². The molecule has 13 rings (SSSR count). The Labute approximate surface area is 481 Å². The van der Waals surface area contributed by atoms with Gasteiger partial charge in [-0.15, -0.1) is 0 Å². The number of anilines is 12. The molecule has 0 aliphatic heterocycles. The molecule has 0 radical (unpaired) electrons. The predicted molar refractivity (Wildman–Crippen MR) is 347 cm³/mol. The van der Waals surface area contributed by atoms with Crippen LogP contribution in [-0.4, -0.2) is 0 Å². The third kappa shape index (κ3) is 10.9. The quantitative estimate of drug-likeness (QED) is 0.0956. The summed E-state index contributed by atoms with van der Waals surface area (Å²) < 4.78 is 0. The Morgan fingerprint density at radius 2 is 0.207 bits per heavy atom. The zero-order valence-corrected chi connectivity index (χ0v) is 45.3. The molecule has 4 nitrogen and oxygen atoms in total. The summed E-state index contributed by atoms with van der Waals surface area (Å²) in [6, 6.07) is 126. The van der Waals surface area contributed by atoms with Crippen LogP contribution in [0, 0.1) is 0 Å². The fourth-order valence-electron chi connectivity index (χ4n) is 10.9. The highest BCUT2D eigenvalue weighted by Crippen LogP contribution is 2.44. The minimum absolute atomic E-state index is 1.04. The summed E-state index contributed by atoms with van der Waals surface area (Å²) in [4.78, 5) is 9.33. The average Bonchev–Trinajstić information content (AvgIpc) is 3.66. The van der Waals surface area contributed by atoms with E-state index in [9.17, 15) is 0 Å². The second kappa shape index (κ2) is 23.6. The van der Waals surface area contributed by atoms with Crippen molar-refractivity contribution in [2.75, 3.05) is 19.6 Å². The number of nitrogens with zero attached hydrogens (tertiary/aromatic N) is 4. The van der Waals surface area contributed by atoms with Crippen LogP contribution in [0.5, 0.6) is 0 Å². The first kappa shape index (κ1) is 50.6. The Morgan fingerprint density at radius 3 is 0.366 bits per heavy atom. The maximum absolute atomic E-state index is 2.34. The molecule has 0 spiro atoms. The van der Waals surface area contributed by atoms with Gasteiger partial charge in [0.15, 0.2) is 0 Å². The van der Waals surface area contributed by atoms with Crippen LogP contribution in [0.1, 0.15) is 0 Å². The third-order valence-electron chi connectivity index (χ3n) is 15.1. The van der Waals surface area contributed by atoms with Gasteiger partial charge < -0.3 is 19.6 Å². The van der Waals surface area contributed by atoms with Gasteiger partial charge in [0, 0.05) is 68.2 Å². The lowest BCUT2D eigenvalue weighted by Crippen LogP contribution is -2.13. The fourth-order valence-corrected chi connectivity index (χ4v) is 10.9. The smallest absolute Gasteiger partial charge is 0.0463 e. The highest BCUT2D eigenvalue weighted by molar-refractivity contribution is 5.86. The van der Waals surface area contributed by atoms with E-state index >= 15 is 0 Å². The SMILES string of the molecule is c1ccc(-c2ccc(N(c3ccc(-c4ccccc4)cc3)c3ccc(N(c4ccccc4)c4ccc(N(c5ccccc5)c5ccc(N(c6ccc(-c7ccccc7)cc6)c6ccc(-c7ccccc7)cc6)cc5)cc4)cc3)cc2)cc1. The van der Waals surface area contributed by atoms with Crippen molar-refractivity contribution in [3.63, 3.8) is 0 Å². The maximum atomic E-state index is 2.34.